The number of hydrogen-bond acceptors (Lipinski definition) is 5. The van der Waals surface area contributed by atoms with E-state index in [9.17, 15) is 14.4 Å². The van der Waals surface area contributed by atoms with E-state index in [4.69, 9.17) is 9.47 Å². The minimum absolute atomic E-state index is 0.285. The maximum atomic E-state index is 11.7. The van der Waals surface area contributed by atoms with Crippen LogP contribution in [-0.4, -0.2) is 37.2 Å². The van der Waals surface area contributed by atoms with Crippen molar-refractivity contribution in [1.82, 2.24) is 10.6 Å². The van der Waals surface area contributed by atoms with Crippen LogP contribution in [0.25, 0.3) is 0 Å². The number of amides is 3. The van der Waals surface area contributed by atoms with Crippen LogP contribution >= 0.6 is 0 Å². The van der Waals surface area contributed by atoms with E-state index in [2.05, 4.69) is 10.6 Å². The summed E-state index contributed by atoms with van der Waals surface area (Å²) in [6.45, 7) is 4.80. The number of rotatable bonds is 4. The molecule has 0 saturated heterocycles. The fraction of sp³-hybridized carbons (Fsp3) is 0.400. The van der Waals surface area contributed by atoms with Crippen molar-refractivity contribution in [3.63, 3.8) is 0 Å². The Balaban J connectivity index is 2.43. The van der Waals surface area contributed by atoms with Gasteiger partial charge in [-0.3, -0.25) is 10.1 Å². The topological polar surface area (TPSA) is 93.7 Å². The fourth-order valence-electron chi connectivity index (χ4n) is 1.48. The van der Waals surface area contributed by atoms with Crippen molar-refractivity contribution in [3.05, 3.63) is 29.8 Å². The minimum atomic E-state index is -0.705. The van der Waals surface area contributed by atoms with Crippen LogP contribution in [0.15, 0.2) is 24.3 Å². The maximum Gasteiger partial charge on any atom is 0.338 e. The zero-order chi connectivity index (χ0) is 16.8. The highest BCUT2D eigenvalue weighted by molar-refractivity contribution is 5.97. The molecule has 0 atom stereocenters. The van der Waals surface area contributed by atoms with Crippen LogP contribution in [0.3, 0.4) is 0 Å². The molecule has 0 radical (unpaired) electrons. The average Bonchev–Trinajstić information content (AvgIpc) is 2.42. The lowest BCUT2D eigenvalue weighted by molar-refractivity contribution is -0.123. The van der Waals surface area contributed by atoms with Crippen molar-refractivity contribution in [3.8, 4) is 5.75 Å². The summed E-state index contributed by atoms with van der Waals surface area (Å²) >= 11 is 0. The molecule has 0 unspecified atom stereocenters. The lowest BCUT2D eigenvalue weighted by Gasteiger charge is -2.20. The molecule has 1 aromatic rings. The molecule has 0 aromatic heterocycles. The van der Waals surface area contributed by atoms with E-state index in [1.165, 1.54) is 19.2 Å². The number of carbonyl (C=O) groups is 3. The number of imide groups is 1. The monoisotopic (exact) mass is 308 g/mol. The van der Waals surface area contributed by atoms with Crippen LogP contribution in [0.2, 0.25) is 0 Å². The van der Waals surface area contributed by atoms with Gasteiger partial charge < -0.3 is 14.8 Å². The second-order valence-electron chi connectivity index (χ2n) is 5.56. The Hall–Kier alpha value is -2.57. The van der Waals surface area contributed by atoms with E-state index >= 15 is 0 Å². The normalized spacial score (nSPS) is 10.5. The summed E-state index contributed by atoms with van der Waals surface area (Å²) in [7, 11) is 1.51. The fourth-order valence-corrected chi connectivity index (χ4v) is 1.48. The standard InChI is InChI=1S/C15H20N2O5/c1-15(2,3)17-14(20)16-12(18)9-22-13(19)10-5-7-11(21-4)8-6-10/h5-8H,9H2,1-4H3,(H2,16,17,18,20). The number of methoxy groups -OCH3 is 1. The highest BCUT2D eigenvalue weighted by Crippen LogP contribution is 2.11. The summed E-state index contributed by atoms with van der Waals surface area (Å²) in [4.78, 5) is 34.7. The van der Waals surface area contributed by atoms with Gasteiger partial charge in [0.2, 0.25) is 0 Å². The highest BCUT2D eigenvalue weighted by atomic mass is 16.5. The molecule has 0 spiro atoms. The van der Waals surface area contributed by atoms with E-state index < -0.39 is 30.1 Å². The molecule has 0 bridgehead atoms. The highest BCUT2D eigenvalue weighted by Gasteiger charge is 2.17. The third-order valence-corrected chi connectivity index (χ3v) is 2.40. The van der Waals surface area contributed by atoms with Gasteiger partial charge in [0, 0.05) is 5.54 Å². The Morgan fingerprint density at radius 1 is 1.09 bits per heavy atom. The number of esters is 1. The molecule has 0 aliphatic heterocycles. The molecule has 1 aromatic carbocycles. The molecule has 0 fully saturated rings. The van der Waals surface area contributed by atoms with Gasteiger partial charge in [0.25, 0.3) is 5.91 Å². The predicted molar refractivity (Wildman–Crippen MR) is 79.7 cm³/mol. The summed E-state index contributed by atoms with van der Waals surface area (Å²) in [5, 5.41) is 4.63. The van der Waals surface area contributed by atoms with Gasteiger partial charge in [0.1, 0.15) is 5.75 Å². The van der Waals surface area contributed by atoms with E-state index in [1.54, 1.807) is 32.9 Å². The van der Waals surface area contributed by atoms with Crippen LogP contribution in [-0.2, 0) is 9.53 Å². The lowest BCUT2D eigenvalue weighted by atomic mass is 10.1. The molecule has 0 saturated carbocycles. The molecule has 0 aliphatic carbocycles. The van der Waals surface area contributed by atoms with Crippen molar-refractivity contribution in [2.45, 2.75) is 26.3 Å². The Bertz CT molecular complexity index is 546. The number of nitrogens with one attached hydrogen (secondary N) is 2. The molecule has 3 amide bonds. The Labute approximate surface area is 129 Å². The molecule has 7 heteroatoms. The summed E-state index contributed by atoms with van der Waals surface area (Å²) in [5.41, 5.74) is -0.183. The summed E-state index contributed by atoms with van der Waals surface area (Å²) in [6.07, 6.45) is 0. The van der Waals surface area contributed by atoms with E-state index in [-0.39, 0.29) is 5.56 Å². The minimum Gasteiger partial charge on any atom is -0.497 e. The summed E-state index contributed by atoms with van der Waals surface area (Å²) in [6, 6.07) is 5.61. The summed E-state index contributed by atoms with van der Waals surface area (Å²) < 4.78 is 9.79. The van der Waals surface area contributed by atoms with Gasteiger partial charge in [-0.05, 0) is 45.0 Å². The first-order valence-corrected chi connectivity index (χ1v) is 6.64. The van der Waals surface area contributed by atoms with Crippen molar-refractivity contribution in [2.75, 3.05) is 13.7 Å². The lowest BCUT2D eigenvalue weighted by Crippen LogP contribution is -2.49. The van der Waals surface area contributed by atoms with Gasteiger partial charge in [-0.25, -0.2) is 9.59 Å². The van der Waals surface area contributed by atoms with Gasteiger partial charge in [-0.15, -0.1) is 0 Å². The van der Waals surface area contributed by atoms with Crippen molar-refractivity contribution < 1.29 is 23.9 Å². The molecule has 7 nitrogen and oxygen atoms in total. The number of ether oxygens (including phenoxy) is 2. The largest absolute Gasteiger partial charge is 0.497 e. The molecule has 2 N–H and O–H groups in total. The Morgan fingerprint density at radius 2 is 1.68 bits per heavy atom. The zero-order valence-corrected chi connectivity index (χ0v) is 13.1. The van der Waals surface area contributed by atoms with E-state index in [0.29, 0.717) is 5.75 Å². The second-order valence-corrected chi connectivity index (χ2v) is 5.56. The first-order valence-electron chi connectivity index (χ1n) is 6.64. The van der Waals surface area contributed by atoms with Gasteiger partial charge in [0.15, 0.2) is 6.61 Å². The van der Waals surface area contributed by atoms with E-state index in [0.717, 1.165) is 0 Å². The Morgan fingerprint density at radius 3 is 2.18 bits per heavy atom. The molecule has 0 aliphatic rings. The van der Waals surface area contributed by atoms with Gasteiger partial charge in [0.05, 0.1) is 12.7 Å². The Kier molecular flexibility index (Phi) is 5.91. The number of urea groups is 1. The molecular formula is C15H20N2O5. The number of benzene rings is 1. The smallest absolute Gasteiger partial charge is 0.338 e. The predicted octanol–water partition coefficient (Wildman–Crippen LogP) is 1.48. The quantitative estimate of drug-likeness (QED) is 0.822. The van der Waals surface area contributed by atoms with Crippen LogP contribution < -0.4 is 15.4 Å². The van der Waals surface area contributed by atoms with Gasteiger partial charge in [-0.1, -0.05) is 0 Å². The van der Waals surface area contributed by atoms with Crippen molar-refractivity contribution in [2.24, 2.45) is 0 Å². The molecular weight excluding hydrogens is 288 g/mol. The van der Waals surface area contributed by atoms with Crippen molar-refractivity contribution in [1.29, 1.82) is 0 Å². The SMILES string of the molecule is COc1ccc(C(=O)OCC(=O)NC(=O)NC(C)(C)C)cc1. The van der Waals surface area contributed by atoms with Crippen molar-refractivity contribution >= 4 is 17.9 Å². The first kappa shape index (κ1) is 17.5. The first-order chi connectivity index (χ1) is 10.2. The zero-order valence-electron chi connectivity index (χ0n) is 13.1. The third kappa shape index (κ3) is 6.25. The molecule has 120 valence electrons. The number of carbonyl (C=O) groups excluding carboxylic acids is 3. The molecule has 1 rings (SSSR count). The molecule has 0 heterocycles. The molecule has 22 heavy (non-hydrogen) atoms. The van der Waals surface area contributed by atoms with Gasteiger partial charge in [-0.2, -0.15) is 0 Å². The average molecular weight is 308 g/mol. The van der Waals surface area contributed by atoms with Gasteiger partial charge >= 0.3 is 12.0 Å². The second kappa shape index (κ2) is 7.44. The van der Waals surface area contributed by atoms with Crippen LogP contribution in [0, 0.1) is 0 Å². The van der Waals surface area contributed by atoms with E-state index in [1.807, 2.05) is 0 Å². The maximum absolute atomic E-state index is 11.7. The van der Waals surface area contributed by atoms with Crippen LogP contribution in [0.1, 0.15) is 31.1 Å². The number of hydrogen-bond donors (Lipinski definition) is 2. The van der Waals surface area contributed by atoms with Crippen LogP contribution in [0.4, 0.5) is 4.79 Å². The summed E-state index contributed by atoms with van der Waals surface area (Å²) in [5.74, 6) is -0.759. The van der Waals surface area contributed by atoms with Crippen LogP contribution in [0.5, 0.6) is 5.75 Å². The third-order valence-electron chi connectivity index (χ3n) is 2.40.